The van der Waals surface area contributed by atoms with Crippen molar-refractivity contribution in [3.63, 3.8) is 0 Å². The van der Waals surface area contributed by atoms with Crippen molar-refractivity contribution < 1.29 is 4.21 Å². The van der Waals surface area contributed by atoms with Crippen LogP contribution < -0.4 is 5.73 Å². The number of nitrogens with two attached hydrogens (primary N) is 1. The van der Waals surface area contributed by atoms with Crippen molar-refractivity contribution >= 4 is 22.4 Å². The van der Waals surface area contributed by atoms with Crippen molar-refractivity contribution in [2.24, 2.45) is 11.7 Å². The highest BCUT2D eigenvalue weighted by Gasteiger charge is 2.23. The predicted octanol–water partition coefficient (Wildman–Crippen LogP) is 3.11. The Balaban J connectivity index is 1.82. The first-order chi connectivity index (χ1) is 8.65. The van der Waals surface area contributed by atoms with Crippen LogP contribution in [0.4, 0.5) is 0 Å². The molecule has 2 atom stereocenters. The lowest BCUT2D eigenvalue weighted by Gasteiger charge is -2.18. The lowest BCUT2D eigenvalue weighted by molar-refractivity contribution is 0.460. The van der Waals surface area contributed by atoms with Gasteiger partial charge in [0.25, 0.3) is 0 Å². The summed E-state index contributed by atoms with van der Waals surface area (Å²) in [7, 11) is -0.872. The smallest absolute Gasteiger partial charge is 0.0486 e. The van der Waals surface area contributed by atoms with Gasteiger partial charge < -0.3 is 5.73 Å². The molecular formula is C14H20ClNOS. The third-order valence-electron chi connectivity index (χ3n) is 3.62. The highest BCUT2D eigenvalue weighted by Crippen LogP contribution is 2.27. The fourth-order valence-electron chi connectivity index (χ4n) is 2.56. The quantitative estimate of drug-likeness (QED) is 0.903. The Kier molecular flexibility index (Phi) is 5.22. The SMILES string of the molecule is NC(CS(=O)Cc1ccc(Cl)cc1)C1CCCC1. The molecule has 2 rings (SSSR count). The van der Waals surface area contributed by atoms with Crippen LogP contribution in [-0.4, -0.2) is 16.0 Å². The average molecular weight is 286 g/mol. The molecule has 0 saturated heterocycles. The molecule has 1 aromatic carbocycles. The van der Waals surface area contributed by atoms with Crippen molar-refractivity contribution in [3.8, 4) is 0 Å². The van der Waals surface area contributed by atoms with E-state index in [-0.39, 0.29) is 6.04 Å². The first-order valence-electron chi connectivity index (χ1n) is 6.50. The molecule has 0 spiro atoms. The highest BCUT2D eigenvalue weighted by molar-refractivity contribution is 7.84. The van der Waals surface area contributed by atoms with Gasteiger partial charge in [-0.3, -0.25) is 4.21 Å². The maximum absolute atomic E-state index is 12.1. The molecule has 1 aliphatic carbocycles. The van der Waals surface area contributed by atoms with Gasteiger partial charge in [0.1, 0.15) is 0 Å². The highest BCUT2D eigenvalue weighted by atomic mass is 35.5. The Morgan fingerprint density at radius 3 is 2.50 bits per heavy atom. The molecular weight excluding hydrogens is 266 g/mol. The maximum Gasteiger partial charge on any atom is 0.0486 e. The second kappa shape index (κ2) is 6.69. The largest absolute Gasteiger partial charge is 0.327 e. The predicted molar refractivity (Wildman–Crippen MR) is 78.1 cm³/mol. The average Bonchev–Trinajstić information content (AvgIpc) is 2.85. The van der Waals surface area contributed by atoms with Crippen molar-refractivity contribution in [2.75, 3.05) is 5.75 Å². The van der Waals surface area contributed by atoms with E-state index in [4.69, 9.17) is 17.3 Å². The van der Waals surface area contributed by atoms with E-state index in [9.17, 15) is 4.21 Å². The number of hydrogen-bond donors (Lipinski definition) is 1. The molecule has 1 aromatic rings. The molecule has 0 bridgehead atoms. The molecule has 0 aliphatic heterocycles. The van der Waals surface area contributed by atoms with Crippen molar-refractivity contribution in [1.82, 2.24) is 0 Å². The van der Waals surface area contributed by atoms with Crippen LogP contribution in [0.5, 0.6) is 0 Å². The first-order valence-corrected chi connectivity index (χ1v) is 8.37. The molecule has 1 fully saturated rings. The number of rotatable bonds is 5. The summed E-state index contributed by atoms with van der Waals surface area (Å²) in [4.78, 5) is 0. The molecule has 18 heavy (non-hydrogen) atoms. The van der Waals surface area contributed by atoms with Gasteiger partial charge in [-0.25, -0.2) is 0 Å². The third-order valence-corrected chi connectivity index (χ3v) is 5.29. The van der Waals surface area contributed by atoms with E-state index in [1.807, 2.05) is 24.3 Å². The van der Waals surface area contributed by atoms with Crippen LogP contribution in [0.1, 0.15) is 31.2 Å². The summed E-state index contributed by atoms with van der Waals surface area (Å²) in [5.74, 6) is 1.78. The minimum Gasteiger partial charge on any atom is -0.327 e. The van der Waals surface area contributed by atoms with E-state index in [0.717, 1.165) is 5.56 Å². The van der Waals surface area contributed by atoms with Crippen LogP contribution in [0.25, 0.3) is 0 Å². The van der Waals surface area contributed by atoms with Crippen LogP contribution in [0, 0.1) is 5.92 Å². The van der Waals surface area contributed by atoms with Crippen molar-refractivity contribution in [1.29, 1.82) is 0 Å². The zero-order valence-corrected chi connectivity index (χ0v) is 12.1. The van der Waals surface area contributed by atoms with Gasteiger partial charge in [-0.2, -0.15) is 0 Å². The zero-order chi connectivity index (χ0) is 13.0. The van der Waals surface area contributed by atoms with E-state index in [2.05, 4.69) is 0 Å². The van der Waals surface area contributed by atoms with Gasteiger partial charge in [-0.05, 0) is 36.5 Å². The molecule has 2 unspecified atom stereocenters. The van der Waals surface area contributed by atoms with Gasteiger partial charge in [-0.15, -0.1) is 0 Å². The number of hydrogen-bond acceptors (Lipinski definition) is 2. The van der Waals surface area contributed by atoms with Crippen molar-refractivity contribution in [2.45, 2.75) is 37.5 Å². The molecule has 0 radical (unpaired) electrons. The van der Waals surface area contributed by atoms with Gasteiger partial charge in [0.2, 0.25) is 0 Å². The fourth-order valence-corrected chi connectivity index (χ4v) is 4.07. The summed E-state index contributed by atoms with van der Waals surface area (Å²) in [6.45, 7) is 0. The van der Waals surface area contributed by atoms with E-state index in [1.165, 1.54) is 25.7 Å². The Bertz CT molecular complexity index is 401. The molecule has 100 valence electrons. The summed E-state index contributed by atoms with van der Waals surface area (Å²) in [5.41, 5.74) is 7.21. The van der Waals surface area contributed by atoms with Crippen LogP contribution in [-0.2, 0) is 16.6 Å². The lowest BCUT2D eigenvalue weighted by Crippen LogP contribution is -2.34. The molecule has 2 nitrogen and oxygen atoms in total. The molecule has 4 heteroatoms. The second-order valence-corrected chi connectivity index (χ2v) is 7.02. The summed E-state index contributed by atoms with van der Waals surface area (Å²) >= 11 is 5.82. The first kappa shape index (κ1) is 14.0. The third kappa shape index (κ3) is 4.08. The molecule has 1 saturated carbocycles. The van der Waals surface area contributed by atoms with Gasteiger partial charge in [0, 0.05) is 33.4 Å². The van der Waals surface area contributed by atoms with Gasteiger partial charge in [0.05, 0.1) is 0 Å². The second-order valence-electron chi connectivity index (χ2n) is 5.09. The standard InChI is InChI=1S/C14H20ClNOS/c15-13-7-5-11(6-8-13)9-18(17)10-14(16)12-3-1-2-4-12/h5-8,12,14H,1-4,9-10,16H2. The summed E-state index contributed by atoms with van der Waals surface area (Å²) in [6.07, 6.45) is 4.98. The number of benzene rings is 1. The Hall–Kier alpha value is -0.380. The van der Waals surface area contributed by atoms with Crippen LogP contribution in [0.2, 0.25) is 5.02 Å². The summed E-state index contributed by atoms with van der Waals surface area (Å²) < 4.78 is 12.1. The minimum absolute atomic E-state index is 0.0978. The summed E-state index contributed by atoms with van der Waals surface area (Å²) in [6, 6.07) is 7.64. The minimum atomic E-state index is -0.872. The van der Waals surface area contributed by atoms with Crippen LogP contribution >= 0.6 is 11.6 Å². The van der Waals surface area contributed by atoms with E-state index < -0.39 is 10.8 Å². The Morgan fingerprint density at radius 1 is 1.28 bits per heavy atom. The lowest BCUT2D eigenvalue weighted by atomic mass is 10.0. The number of halogens is 1. The van der Waals surface area contributed by atoms with Gasteiger partial charge >= 0.3 is 0 Å². The Morgan fingerprint density at radius 2 is 1.89 bits per heavy atom. The van der Waals surface area contributed by atoms with Gasteiger partial charge in [-0.1, -0.05) is 36.6 Å². The molecule has 1 aliphatic rings. The molecule has 2 N–H and O–H groups in total. The Labute approximate surface area is 116 Å². The molecule has 0 aromatic heterocycles. The normalized spacial score (nSPS) is 19.9. The van der Waals surface area contributed by atoms with Gasteiger partial charge in [0.15, 0.2) is 0 Å². The fraction of sp³-hybridized carbons (Fsp3) is 0.571. The molecule has 0 amide bonds. The summed E-state index contributed by atoms with van der Waals surface area (Å²) in [5, 5.41) is 0.715. The van der Waals surface area contributed by atoms with Crippen molar-refractivity contribution in [3.05, 3.63) is 34.9 Å². The van der Waals surface area contributed by atoms with Crippen LogP contribution in [0.15, 0.2) is 24.3 Å². The monoisotopic (exact) mass is 285 g/mol. The zero-order valence-electron chi connectivity index (χ0n) is 10.5. The van der Waals surface area contributed by atoms with Crippen LogP contribution in [0.3, 0.4) is 0 Å². The van der Waals surface area contributed by atoms with E-state index >= 15 is 0 Å². The topological polar surface area (TPSA) is 43.1 Å². The maximum atomic E-state index is 12.1. The van der Waals surface area contributed by atoms with E-state index in [1.54, 1.807) is 0 Å². The van der Waals surface area contributed by atoms with E-state index in [0.29, 0.717) is 22.4 Å². The molecule has 0 heterocycles.